The molecule has 0 aromatic heterocycles. The number of aliphatic carboxylic acids is 1. The van der Waals surface area contributed by atoms with Gasteiger partial charge in [-0.3, -0.25) is 4.79 Å². The Morgan fingerprint density at radius 2 is 2.24 bits per heavy atom. The molecule has 0 aliphatic heterocycles. The minimum atomic E-state index is -1.12. The van der Waals surface area contributed by atoms with Crippen LogP contribution < -0.4 is 5.32 Å². The van der Waals surface area contributed by atoms with Crippen LogP contribution in [0.5, 0.6) is 0 Å². The van der Waals surface area contributed by atoms with E-state index in [-0.39, 0.29) is 25.5 Å². The number of carboxylic acids is 1. The van der Waals surface area contributed by atoms with Crippen molar-refractivity contribution in [3.05, 3.63) is 47.0 Å². The molecule has 0 fully saturated rings. The summed E-state index contributed by atoms with van der Waals surface area (Å²) in [6.07, 6.45) is 2.29. The fraction of sp³-hybridized carbons (Fsp3) is 0.333. The number of hydrogen-bond acceptors (Lipinski definition) is 3. The van der Waals surface area contributed by atoms with E-state index in [0.29, 0.717) is 6.42 Å². The van der Waals surface area contributed by atoms with Crippen LogP contribution in [0.15, 0.2) is 41.4 Å². The van der Waals surface area contributed by atoms with Gasteiger partial charge in [0.25, 0.3) is 0 Å². The fourth-order valence-corrected chi connectivity index (χ4v) is 2.11. The average molecular weight is 356 g/mol. The van der Waals surface area contributed by atoms with E-state index in [1.165, 1.54) is 6.08 Å². The Bertz CT molecular complexity index is 504. The van der Waals surface area contributed by atoms with Gasteiger partial charge in [0.05, 0.1) is 13.2 Å². The molecule has 0 radical (unpaired) electrons. The predicted molar refractivity (Wildman–Crippen MR) is 83.0 cm³/mol. The van der Waals surface area contributed by atoms with E-state index in [1.807, 2.05) is 24.3 Å². The summed E-state index contributed by atoms with van der Waals surface area (Å²) in [6, 6.07) is 6.59. The largest absolute Gasteiger partial charge is 0.480 e. The number of rotatable bonds is 9. The second-order valence-corrected chi connectivity index (χ2v) is 5.33. The topological polar surface area (TPSA) is 75.6 Å². The number of aryl methyl sites for hydroxylation is 1. The fourth-order valence-electron chi connectivity index (χ4n) is 1.66. The molecule has 1 amide bonds. The second-order valence-electron chi connectivity index (χ2n) is 4.41. The lowest BCUT2D eigenvalue weighted by atomic mass is 10.1. The highest BCUT2D eigenvalue weighted by molar-refractivity contribution is 9.10. The Kier molecular flexibility index (Phi) is 7.71. The molecule has 21 heavy (non-hydrogen) atoms. The van der Waals surface area contributed by atoms with Gasteiger partial charge in [-0.25, -0.2) is 4.79 Å². The molecule has 0 bridgehead atoms. The smallest absolute Gasteiger partial charge is 0.328 e. The Balaban J connectivity index is 2.42. The molecule has 114 valence electrons. The molecule has 1 aromatic rings. The first kappa shape index (κ1) is 17.4. The summed E-state index contributed by atoms with van der Waals surface area (Å²) in [5.41, 5.74) is 1.01. The number of carboxylic acid groups (broad SMARTS) is 1. The maximum Gasteiger partial charge on any atom is 0.328 e. The number of amides is 1. The van der Waals surface area contributed by atoms with Crippen LogP contribution in [0.1, 0.15) is 12.0 Å². The SMILES string of the molecule is C=CCOCC(NC(=O)CCc1cccc(Br)c1)C(=O)O. The van der Waals surface area contributed by atoms with Crippen molar-refractivity contribution < 1.29 is 19.4 Å². The Labute approximate surface area is 132 Å². The van der Waals surface area contributed by atoms with Crippen LogP contribution in [-0.4, -0.2) is 36.2 Å². The molecule has 1 rings (SSSR count). The summed E-state index contributed by atoms with van der Waals surface area (Å²) in [5.74, 6) is -1.43. The molecule has 0 heterocycles. The van der Waals surface area contributed by atoms with Gasteiger partial charge in [-0.05, 0) is 24.1 Å². The van der Waals surface area contributed by atoms with Crippen molar-refractivity contribution >= 4 is 27.8 Å². The zero-order chi connectivity index (χ0) is 15.7. The van der Waals surface area contributed by atoms with Crippen molar-refractivity contribution in [3.8, 4) is 0 Å². The summed E-state index contributed by atoms with van der Waals surface area (Å²) < 4.78 is 6.01. The highest BCUT2D eigenvalue weighted by Crippen LogP contribution is 2.12. The van der Waals surface area contributed by atoms with Crippen LogP contribution in [0.4, 0.5) is 0 Å². The zero-order valence-corrected chi connectivity index (χ0v) is 13.1. The quantitative estimate of drug-likeness (QED) is 0.525. The van der Waals surface area contributed by atoms with Crippen molar-refractivity contribution in [3.63, 3.8) is 0 Å². The summed E-state index contributed by atoms with van der Waals surface area (Å²) >= 11 is 3.36. The van der Waals surface area contributed by atoms with Crippen LogP contribution >= 0.6 is 15.9 Å². The minimum Gasteiger partial charge on any atom is -0.480 e. The van der Waals surface area contributed by atoms with Crippen LogP contribution in [0.2, 0.25) is 0 Å². The zero-order valence-electron chi connectivity index (χ0n) is 11.5. The normalized spacial score (nSPS) is 11.7. The van der Waals surface area contributed by atoms with Gasteiger partial charge in [0.2, 0.25) is 5.91 Å². The van der Waals surface area contributed by atoms with E-state index in [0.717, 1.165) is 10.0 Å². The van der Waals surface area contributed by atoms with Crippen LogP contribution in [0.3, 0.4) is 0 Å². The molecular formula is C15H18BrNO4. The van der Waals surface area contributed by atoms with Gasteiger partial charge < -0.3 is 15.2 Å². The monoisotopic (exact) mass is 355 g/mol. The third kappa shape index (κ3) is 7.06. The van der Waals surface area contributed by atoms with Crippen LogP contribution in [0, 0.1) is 0 Å². The van der Waals surface area contributed by atoms with Gasteiger partial charge >= 0.3 is 5.97 Å². The van der Waals surface area contributed by atoms with Gasteiger partial charge in [0.1, 0.15) is 0 Å². The molecule has 1 unspecified atom stereocenters. The lowest BCUT2D eigenvalue weighted by Gasteiger charge is -2.14. The Hall–Kier alpha value is -1.66. The lowest BCUT2D eigenvalue weighted by molar-refractivity contribution is -0.143. The average Bonchev–Trinajstić information content (AvgIpc) is 2.44. The first-order valence-corrected chi connectivity index (χ1v) is 7.27. The third-order valence-corrected chi connectivity index (χ3v) is 3.18. The molecule has 0 saturated heterocycles. The molecule has 0 saturated carbocycles. The molecule has 5 nitrogen and oxygen atoms in total. The summed E-state index contributed by atoms with van der Waals surface area (Å²) in [6.45, 7) is 3.64. The van der Waals surface area contributed by atoms with Crippen molar-refractivity contribution in [1.29, 1.82) is 0 Å². The molecule has 2 N–H and O–H groups in total. The van der Waals surface area contributed by atoms with Crippen molar-refractivity contribution in [2.24, 2.45) is 0 Å². The van der Waals surface area contributed by atoms with Gasteiger partial charge in [-0.15, -0.1) is 6.58 Å². The molecule has 1 aromatic carbocycles. The number of carbonyl (C=O) groups is 2. The number of hydrogen-bond donors (Lipinski definition) is 2. The first-order valence-electron chi connectivity index (χ1n) is 6.48. The Morgan fingerprint density at radius 3 is 2.86 bits per heavy atom. The number of carbonyl (C=O) groups excluding carboxylic acids is 1. The maximum atomic E-state index is 11.8. The van der Waals surface area contributed by atoms with Crippen molar-refractivity contribution in [1.82, 2.24) is 5.32 Å². The van der Waals surface area contributed by atoms with Crippen molar-refractivity contribution in [2.75, 3.05) is 13.2 Å². The molecular weight excluding hydrogens is 338 g/mol. The highest BCUT2D eigenvalue weighted by Gasteiger charge is 2.19. The van der Waals surface area contributed by atoms with E-state index in [4.69, 9.17) is 9.84 Å². The molecule has 1 atom stereocenters. The van der Waals surface area contributed by atoms with Gasteiger partial charge in [0.15, 0.2) is 6.04 Å². The van der Waals surface area contributed by atoms with Gasteiger partial charge in [-0.2, -0.15) is 0 Å². The summed E-state index contributed by atoms with van der Waals surface area (Å²) in [4.78, 5) is 22.8. The van der Waals surface area contributed by atoms with E-state index < -0.39 is 12.0 Å². The second kappa shape index (κ2) is 9.31. The van der Waals surface area contributed by atoms with E-state index in [1.54, 1.807) is 0 Å². The molecule has 0 aliphatic carbocycles. The van der Waals surface area contributed by atoms with Gasteiger partial charge in [-0.1, -0.05) is 34.1 Å². The third-order valence-electron chi connectivity index (χ3n) is 2.68. The molecule has 0 aliphatic rings. The first-order chi connectivity index (χ1) is 10.0. The van der Waals surface area contributed by atoms with Crippen LogP contribution in [0.25, 0.3) is 0 Å². The Morgan fingerprint density at radius 1 is 1.48 bits per heavy atom. The maximum absolute atomic E-state index is 11.8. The standard InChI is InChI=1S/C15H18BrNO4/c1-2-8-21-10-13(15(19)20)17-14(18)7-6-11-4-3-5-12(16)9-11/h2-5,9,13H,1,6-8,10H2,(H,17,18)(H,19,20). The number of ether oxygens (including phenoxy) is 1. The van der Waals surface area contributed by atoms with Gasteiger partial charge in [0, 0.05) is 10.9 Å². The van der Waals surface area contributed by atoms with E-state index in [9.17, 15) is 9.59 Å². The van der Waals surface area contributed by atoms with Crippen molar-refractivity contribution in [2.45, 2.75) is 18.9 Å². The summed E-state index contributed by atoms with van der Waals surface area (Å²) in [7, 11) is 0. The number of nitrogens with one attached hydrogen (secondary N) is 1. The minimum absolute atomic E-state index is 0.0794. The van der Waals surface area contributed by atoms with Crippen LogP contribution in [-0.2, 0) is 20.7 Å². The van der Waals surface area contributed by atoms with E-state index >= 15 is 0 Å². The summed E-state index contributed by atoms with van der Waals surface area (Å²) in [5, 5.41) is 11.5. The van der Waals surface area contributed by atoms with E-state index in [2.05, 4.69) is 27.8 Å². The highest BCUT2D eigenvalue weighted by atomic mass is 79.9. The lowest BCUT2D eigenvalue weighted by Crippen LogP contribution is -2.44. The molecule has 0 spiro atoms. The predicted octanol–water partition coefficient (Wildman–Crippen LogP) is 2.15. The number of halogens is 1. The molecule has 6 heteroatoms. The number of benzene rings is 1.